The lowest BCUT2D eigenvalue weighted by molar-refractivity contribution is 0.187. The highest BCUT2D eigenvalue weighted by atomic mass is 16.5. The van der Waals surface area contributed by atoms with E-state index in [0.29, 0.717) is 19.1 Å². The summed E-state index contributed by atoms with van der Waals surface area (Å²) in [5.41, 5.74) is 5.64. The molecule has 0 bridgehead atoms. The standard InChI is InChI=1S/C13H24N4O2/c14-12(15)11(9-4-2-1-3-5-9)17-13(18)16-10-6-7-19-8-10/h9-11H,1-8H2,(H3,14,15)(H2,16,17,18). The van der Waals surface area contributed by atoms with E-state index >= 15 is 0 Å². The number of ether oxygens (including phenoxy) is 1. The first-order valence-corrected chi connectivity index (χ1v) is 7.15. The molecule has 2 aliphatic rings. The second kappa shape index (κ2) is 6.75. The fourth-order valence-corrected chi connectivity index (χ4v) is 2.93. The Morgan fingerprint density at radius 2 is 2.00 bits per heavy atom. The highest BCUT2D eigenvalue weighted by Gasteiger charge is 2.28. The topological polar surface area (TPSA) is 100 Å². The van der Waals surface area contributed by atoms with Gasteiger partial charge in [0.05, 0.1) is 18.7 Å². The van der Waals surface area contributed by atoms with Crippen LogP contribution in [0.2, 0.25) is 0 Å². The Morgan fingerprint density at radius 3 is 2.58 bits per heavy atom. The van der Waals surface area contributed by atoms with Crippen LogP contribution in [0.1, 0.15) is 38.5 Å². The van der Waals surface area contributed by atoms with Gasteiger partial charge in [0.1, 0.15) is 5.84 Å². The molecule has 0 aromatic heterocycles. The summed E-state index contributed by atoms with van der Waals surface area (Å²) in [6.07, 6.45) is 6.49. The third kappa shape index (κ3) is 4.09. The van der Waals surface area contributed by atoms with E-state index in [4.69, 9.17) is 15.9 Å². The monoisotopic (exact) mass is 268 g/mol. The number of amidine groups is 1. The van der Waals surface area contributed by atoms with Gasteiger partial charge in [-0.15, -0.1) is 0 Å². The van der Waals surface area contributed by atoms with Crippen molar-refractivity contribution in [3.63, 3.8) is 0 Å². The van der Waals surface area contributed by atoms with Crippen molar-refractivity contribution in [2.45, 2.75) is 50.6 Å². The van der Waals surface area contributed by atoms with Crippen LogP contribution in [0, 0.1) is 11.3 Å². The Balaban J connectivity index is 1.84. The number of nitrogens with one attached hydrogen (secondary N) is 3. The fraction of sp³-hybridized carbons (Fsp3) is 0.846. The van der Waals surface area contributed by atoms with E-state index in [9.17, 15) is 4.79 Å². The van der Waals surface area contributed by atoms with Gasteiger partial charge in [0, 0.05) is 6.61 Å². The molecule has 1 aliphatic heterocycles. The van der Waals surface area contributed by atoms with Gasteiger partial charge in [-0.05, 0) is 25.2 Å². The van der Waals surface area contributed by atoms with Gasteiger partial charge in [-0.1, -0.05) is 19.3 Å². The Labute approximate surface area is 114 Å². The van der Waals surface area contributed by atoms with Crippen LogP contribution in [0.25, 0.3) is 0 Å². The second-order valence-electron chi connectivity index (χ2n) is 5.51. The third-order valence-corrected chi connectivity index (χ3v) is 4.01. The molecular formula is C13H24N4O2. The van der Waals surface area contributed by atoms with Crippen LogP contribution in [-0.2, 0) is 4.74 Å². The van der Waals surface area contributed by atoms with Gasteiger partial charge in [-0.3, -0.25) is 5.41 Å². The Bertz CT molecular complexity index is 323. The summed E-state index contributed by atoms with van der Waals surface area (Å²) in [6.45, 7) is 1.27. The molecule has 19 heavy (non-hydrogen) atoms. The van der Waals surface area contributed by atoms with Crippen molar-refractivity contribution >= 4 is 11.9 Å². The van der Waals surface area contributed by atoms with E-state index < -0.39 is 0 Å². The van der Waals surface area contributed by atoms with E-state index in [1.54, 1.807) is 0 Å². The molecule has 1 saturated carbocycles. The van der Waals surface area contributed by atoms with Gasteiger partial charge in [0.2, 0.25) is 0 Å². The zero-order chi connectivity index (χ0) is 13.7. The lowest BCUT2D eigenvalue weighted by Gasteiger charge is -2.30. The molecule has 6 nitrogen and oxygen atoms in total. The molecule has 0 spiro atoms. The lowest BCUT2D eigenvalue weighted by Crippen LogP contribution is -2.54. The van der Waals surface area contributed by atoms with E-state index in [2.05, 4.69) is 10.6 Å². The molecule has 2 rings (SSSR count). The summed E-state index contributed by atoms with van der Waals surface area (Å²) in [6, 6.07) is -0.483. The number of nitrogens with two attached hydrogens (primary N) is 1. The number of rotatable bonds is 4. The van der Waals surface area contributed by atoms with E-state index in [1.165, 1.54) is 6.42 Å². The molecule has 2 fully saturated rings. The Hall–Kier alpha value is -1.30. The van der Waals surface area contributed by atoms with Crippen LogP contribution < -0.4 is 16.4 Å². The first-order valence-electron chi connectivity index (χ1n) is 7.15. The van der Waals surface area contributed by atoms with Crippen LogP contribution in [0.4, 0.5) is 4.79 Å². The van der Waals surface area contributed by atoms with Gasteiger partial charge in [-0.2, -0.15) is 0 Å². The molecule has 6 heteroatoms. The number of amides is 2. The lowest BCUT2D eigenvalue weighted by atomic mass is 9.83. The Morgan fingerprint density at radius 1 is 1.26 bits per heavy atom. The average molecular weight is 268 g/mol. The molecule has 108 valence electrons. The second-order valence-corrected chi connectivity index (χ2v) is 5.51. The van der Waals surface area contributed by atoms with Crippen LogP contribution in [0.3, 0.4) is 0 Å². The average Bonchev–Trinajstić information content (AvgIpc) is 2.89. The summed E-state index contributed by atoms with van der Waals surface area (Å²) in [7, 11) is 0. The zero-order valence-electron chi connectivity index (χ0n) is 11.3. The number of urea groups is 1. The SMILES string of the molecule is N=C(N)C(NC(=O)NC1CCOC1)C1CCCCC1. The smallest absolute Gasteiger partial charge is 0.315 e. The van der Waals surface area contributed by atoms with Crippen LogP contribution in [0.15, 0.2) is 0 Å². The van der Waals surface area contributed by atoms with Crippen LogP contribution >= 0.6 is 0 Å². The van der Waals surface area contributed by atoms with Crippen molar-refractivity contribution < 1.29 is 9.53 Å². The summed E-state index contributed by atoms with van der Waals surface area (Å²) >= 11 is 0. The number of carbonyl (C=O) groups is 1. The van der Waals surface area contributed by atoms with Crippen molar-refractivity contribution in [2.24, 2.45) is 11.7 Å². The molecule has 1 heterocycles. The highest BCUT2D eigenvalue weighted by molar-refractivity contribution is 5.88. The molecule has 1 saturated heterocycles. The number of carbonyl (C=O) groups excluding carboxylic acids is 1. The van der Waals surface area contributed by atoms with E-state index in [0.717, 1.165) is 32.1 Å². The minimum atomic E-state index is -0.331. The van der Waals surface area contributed by atoms with Crippen molar-refractivity contribution in [3.05, 3.63) is 0 Å². The summed E-state index contributed by atoms with van der Waals surface area (Å²) in [5, 5.41) is 13.4. The normalized spacial score (nSPS) is 25.8. The minimum absolute atomic E-state index is 0.0599. The minimum Gasteiger partial charge on any atom is -0.386 e. The van der Waals surface area contributed by atoms with E-state index in [-0.39, 0.29) is 24.0 Å². The quantitative estimate of drug-likeness (QED) is 0.451. The number of hydrogen-bond acceptors (Lipinski definition) is 3. The maximum absolute atomic E-state index is 11.9. The first-order chi connectivity index (χ1) is 9.16. The largest absolute Gasteiger partial charge is 0.386 e. The maximum atomic E-state index is 11.9. The van der Waals surface area contributed by atoms with Crippen LogP contribution in [-0.4, -0.2) is 37.2 Å². The summed E-state index contributed by atoms with van der Waals surface area (Å²) < 4.78 is 5.22. The van der Waals surface area contributed by atoms with Gasteiger partial charge in [0.15, 0.2) is 0 Å². The molecule has 5 N–H and O–H groups in total. The molecule has 0 radical (unpaired) electrons. The van der Waals surface area contributed by atoms with Gasteiger partial charge in [0.25, 0.3) is 0 Å². The Kier molecular flexibility index (Phi) is 5.01. The molecule has 0 aromatic rings. The molecule has 2 unspecified atom stereocenters. The molecular weight excluding hydrogens is 244 g/mol. The first kappa shape index (κ1) is 14.1. The molecule has 0 aromatic carbocycles. The highest BCUT2D eigenvalue weighted by Crippen LogP contribution is 2.26. The molecule has 2 atom stereocenters. The zero-order valence-corrected chi connectivity index (χ0v) is 11.3. The van der Waals surface area contributed by atoms with Gasteiger partial charge < -0.3 is 21.1 Å². The van der Waals surface area contributed by atoms with Crippen LogP contribution in [0.5, 0.6) is 0 Å². The predicted octanol–water partition coefficient (Wildman–Crippen LogP) is 0.959. The van der Waals surface area contributed by atoms with E-state index in [1.807, 2.05) is 0 Å². The summed E-state index contributed by atoms with van der Waals surface area (Å²) in [4.78, 5) is 11.9. The molecule has 2 amide bonds. The third-order valence-electron chi connectivity index (χ3n) is 4.01. The molecule has 1 aliphatic carbocycles. The van der Waals surface area contributed by atoms with Crippen molar-refractivity contribution in [1.82, 2.24) is 10.6 Å². The maximum Gasteiger partial charge on any atom is 0.315 e. The van der Waals surface area contributed by atoms with Gasteiger partial charge in [-0.25, -0.2) is 4.79 Å². The number of hydrogen-bond donors (Lipinski definition) is 4. The predicted molar refractivity (Wildman–Crippen MR) is 73.2 cm³/mol. The summed E-state index contributed by atoms with van der Waals surface area (Å²) in [5.74, 6) is 0.363. The van der Waals surface area contributed by atoms with Crippen molar-refractivity contribution in [3.8, 4) is 0 Å². The fourth-order valence-electron chi connectivity index (χ4n) is 2.93. The van der Waals surface area contributed by atoms with Crippen molar-refractivity contribution in [1.29, 1.82) is 5.41 Å². The van der Waals surface area contributed by atoms with Gasteiger partial charge >= 0.3 is 6.03 Å². The van der Waals surface area contributed by atoms with Crippen molar-refractivity contribution in [2.75, 3.05) is 13.2 Å².